The molecule has 24 heavy (non-hydrogen) atoms. The van der Waals surface area contributed by atoms with Crippen LogP contribution in [0.5, 0.6) is 0 Å². The van der Waals surface area contributed by atoms with Crippen LogP contribution in [0.4, 0.5) is 5.82 Å². The molecule has 4 rings (SSSR count). The molecule has 5 nitrogen and oxygen atoms in total. The smallest absolute Gasteiger partial charge is 0.310 e. The Morgan fingerprint density at radius 1 is 1.25 bits per heavy atom. The van der Waals surface area contributed by atoms with Crippen molar-refractivity contribution in [2.24, 2.45) is 5.92 Å². The van der Waals surface area contributed by atoms with E-state index >= 15 is 0 Å². The number of aromatic nitrogens is 2. The van der Waals surface area contributed by atoms with Gasteiger partial charge in [-0.15, -0.1) is 11.3 Å². The molecule has 6 heteroatoms. The summed E-state index contributed by atoms with van der Waals surface area (Å²) >= 11 is 1.83. The van der Waals surface area contributed by atoms with E-state index in [0.29, 0.717) is 6.54 Å². The van der Waals surface area contributed by atoms with Crippen LogP contribution in [0.2, 0.25) is 0 Å². The molecule has 1 saturated heterocycles. The van der Waals surface area contributed by atoms with Gasteiger partial charge in [0, 0.05) is 18.0 Å². The van der Waals surface area contributed by atoms with Gasteiger partial charge in [0.25, 0.3) is 0 Å². The fourth-order valence-corrected chi connectivity index (χ4v) is 5.30. The molecule has 0 radical (unpaired) electrons. The molecule has 1 aliphatic heterocycles. The van der Waals surface area contributed by atoms with E-state index in [9.17, 15) is 4.79 Å². The predicted octanol–water partition coefficient (Wildman–Crippen LogP) is 3.27. The number of hydrogen-bond acceptors (Lipinski definition) is 6. The Morgan fingerprint density at radius 2 is 2.08 bits per heavy atom. The number of ether oxygens (including phenoxy) is 1. The molecule has 2 aliphatic rings. The van der Waals surface area contributed by atoms with Crippen molar-refractivity contribution in [3.63, 3.8) is 0 Å². The van der Waals surface area contributed by atoms with Gasteiger partial charge in [-0.3, -0.25) is 4.79 Å². The average Bonchev–Trinajstić information content (AvgIpc) is 2.98. The standard InChI is InChI=1S/C18H23N3O2S/c1-11-19-16(21-9-5-6-12(10-21)18(22)23-2)15-13-7-3-4-8-14(13)24-17(15)20-11/h12H,3-10H2,1-2H3. The largest absolute Gasteiger partial charge is 0.469 e. The van der Waals surface area contributed by atoms with Gasteiger partial charge in [-0.2, -0.15) is 0 Å². The van der Waals surface area contributed by atoms with Crippen molar-refractivity contribution in [1.29, 1.82) is 0 Å². The van der Waals surface area contributed by atoms with Crippen molar-refractivity contribution in [2.45, 2.75) is 45.4 Å². The second kappa shape index (κ2) is 6.31. The van der Waals surface area contributed by atoms with E-state index in [1.807, 2.05) is 18.3 Å². The van der Waals surface area contributed by atoms with Gasteiger partial charge in [-0.05, 0) is 51.0 Å². The SMILES string of the molecule is COC(=O)C1CCCN(c2nc(C)nc3sc4c(c23)CCCC4)C1. The molecule has 1 unspecified atom stereocenters. The van der Waals surface area contributed by atoms with Gasteiger partial charge in [-0.25, -0.2) is 9.97 Å². The highest BCUT2D eigenvalue weighted by Gasteiger charge is 2.30. The molecule has 1 fully saturated rings. The first-order chi connectivity index (χ1) is 11.7. The van der Waals surface area contributed by atoms with E-state index in [1.54, 1.807) is 0 Å². The first kappa shape index (κ1) is 15.8. The van der Waals surface area contributed by atoms with Crippen LogP contribution < -0.4 is 4.90 Å². The molecule has 0 amide bonds. The number of aryl methyl sites for hydroxylation is 3. The number of fused-ring (bicyclic) bond motifs is 3. The van der Waals surface area contributed by atoms with Crippen molar-refractivity contribution >= 4 is 33.3 Å². The van der Waals surface area contributed by atoms with Crippen LogP contribution in [0, 0.1) is 12.8 Å². The maximum Gasteiger partial charge on any atom is 0.310 e. The van der Waals surface area contributed by atoms with Gasteiger partial charge in [0.05, 0.1) is 18.4 Å². The zero-order valence-corrected chi connectivity index (χ0v) is 15.1. The Morgan fingerprint density at radius 3 is 2.92 bits per heavy atom. The van der Waals surface area contributed by atoms with Crippen LogP contribution in [0.25, 0.3) is 10.2 Å². The normalized spacial score (nSPS) is 20.9. The van der Waals surface area contributed by atoms with Gasteiger partial charge in [0.15, 0.2) is 0 Å². The fourth-order valence-electron chi connectivity index (χ4n) is 4.00. The summed E-state index contributed by atoms with van der Waals surface area (Å²) in [7, 11) is 1.48. The van der Waals surface area contributed by atoms with Crippen LogP contribution in [0.15, 0.2) is 0 Å². The third-order valence-electron chi connectivity index (χ3n) is 5.16. The minimum Gasteiger partial charge on any atom is -0.469 e. The van der Waals surface area contributed by atoms with Crippen molar-refractivity contribution in [3.8, 4) is 0 Å². The molecule has 2 aromatic heterocycles. The van der Waals surface area contributed by atoms with E-state index in [-0.39, 0.29) is 11.9 Å². The number of rotatable bonds is 2. The summed E-state index contributed by atoms with van der Waals surface area (Å²) in [4.78, 5) is 26.3. The van der Waals surface area contributed by atoms with E-state index in [1.165, 1.54) is 42.2 Å². The maximum atomic E-state index is 12.0. The molecule has 1 aliphatic carbocycles. The number of esters is 1. The average molecular weight is 345 g/mol. The number of nitrogens with zero attached hydrogens (tertiary/aromatic N) is 3. The highest BCUT2D eigenvalue weighted by molar-refractivity contribution is 7.19. The van der Waals surface area contributed by atoms with Gasteiger partial charge in [0.1, 0.15) is 16.5 Å². The van der Waals surface area contributed by atoms with Crippen molar-refractivity contribution < 1.29 is 9.53 Å². The molecule has 128 valence electrons. The molecule has 0 bridgehead atoms. The minimum atomic E-state index is -0.103. The summed E-state index contributed by atoms with van der Waals surface area (Å²) in [5.41, 5.74) is 1.46. The van der Waals surface area contributed by atoms with Crippen molar-refractivity contribution in [3.05, 3.63) is 16.3 Å². The molecule has 0 N–H and O–H groups in total. The first-order valence-corrected chi connectivity index (χ1v) is 9.60. The number of hydrogen-bond donors (Lipinski definition) is 0. The molecule has 0 saturated carbocycles. The lowest BCUT2D eigenvalue weighted by molar-refractivity contribution is -0.145. The van der Waals surface area contributed by atoms with Crippen LogP contribution in [-0.4, -0.2) is 36.1 Å². The molecule has 0 aromatic carbocycles. The monoisotopic (exact) mass is 345 g/mol. The third-order valence-corrected chi connectivity index (χ3v) is 6.35. The second-order valence-corrected chi connectivity index (χ2v) is 7.88. The molecule has 2 aromatic rings. The zero-order valence-electron chi connectivity index (χ0n) is 14.3. The Balaban J connectivity index is 1.78. The number of carbonyl (C=O) groups excluding carboxylic acids is 1. The molecular formula is C18H23N3O2S. The number of carbonyl (C=O) groups is 1. The number of anilines is 1. The highest BCUT2D eigenvalue weighted by Crippen LogP contribution is 2.40. The Labute approximate surface area is 146 Å². The highest BCUT2D eigenvalue weighted by atomic mass is 32.1. The summed E-state index contributed by atoms with van der Waals surface area (Å²) in [6.45, 7) is 3.61. The summed E-state index contributed by atoms with van der Waals surface area (Å²) in [5.74, 6) is 1.69. The summed E-state index contributed by atoms with van der Waals surface area (Å²) in [6, 6.07) is 0. The Bertz CT molecular complexity index is 786. The minimum absolute atomic E-state index is 0.0523. The summed E-state index contributed by atoms with van der Waals surface area (Å²) in [5, 5.41) is 1.24. The summed E-state index contributed by atoms with van der Waals surface area (Å²) in [6.07, 6.45) is 6.71. The van der Waals surface area contributed by atoms with Crippen molar-refractivity contribution in [2.75, 3.05) is 25.1 Å². The van der Waals surface area contributed by atoms with Gasteiger partial charge < -0.3 is 9.64 Å². The lowest BCUT2D eigenvalue weighted by Gasteiger charge is -2.33. The van der Waals surface area contributed by atoms with Gasteiger partial charge in [0.2, 0.25) is 0 Å². The van der Waals surface area contributed by atoms with Crippen LogP contribution >= 0.6 is 11.3 Å². The van der Waals surface area contributed by atoms with E-state index in [0.717, 1.165) is 42.3 Å². The molecule has 1 atom stereocenters. The topological polar surface area (TPSA) is 55.3 Å². The van der Waals surface area contributed by atoms with E-state index in [2.05, 4.69) is 4.90 Å². The number of piperidine rings is 1. The summed E-state index contributed by atoms with van der Waals surface area (Å²) < 4.78 is 4.96. The molecule has 0 spiro atoms. The third kappa shape index (κ3) is 2.66. The van der Waals surface area contributed by atoms with Crippen LogP contribution in [0.3, 0.4) is 0 Å². The number of thiophene rings is 1. The lowest BCUT2D eigenvalue weighted by Crippen LogP contribution is -2.39. The Hall–Kier alpha value is -1.69. The first-order valence-electron chi connectivity index (χ1n) is 8.79. The lowest BCUT2D eigenvalue weighted by atomic mass is 9.95. The molecule has 3 heterocycles. The Kier molecular flexibility index (Phi) is 4.16. The van der Waals surface area contributed by atoms with Gasteiger partial charge in [-0.1, -0.05) is 0 Å². The van der Waals surface area contributed by atoms with Crippen molar-refractivity contribution in [1.82, 2.24) is 9.97 Å². The maximum absolute atomic E-state index is 12.0. The van der Waals surface area contributed by atoms with Crippen LogP contribution in [-0.2, 0) is 22.4 Å². The number of methoxy groups -OCH3 is 1. The van der Waals surface area contributed by atoms with Crippen LogP contribution in [0.1, 0.15) is 41.9 Å². The van der Waals surface area contributed by atoms with E-state index in [4.69, 9.17) is 14.7 Å². The fraction of sp³-hybridized carbons (Fsp3) is 0.611. The zero-order chi connectivity index (χ0) is 16.7. The quantitative estimate of drug-likeness (QED) is 0.782. The van der Waals surface area contributed by atoms with Gasteiger partial charge >= 0.3 is 5.97 Å². The molecular weight excluding hydrogens is 322 g/mol. The second-order valence-electron chi connectivity index (χ2n) is 6.79. The van der Waals surface area contributed by atoms with E-state index < -0.39 is 0 Å². The predicted molar refractivity (Wildman–Crippen MR) is 95.7 cm³/mol.